The molecule has 19 heavy (non-hydrogen) atoms. The smallest absolute Gasteiger partial charge is 0.272 e. The molecule has 6 heteroatoms. The van der Waals surface area contributed by atoms with E-state index >= 15 is 0 Å². The second kappa shape index (κ2) is 5.51. The fourth-order valence-electron chi connectivity index (χ4n) is 1.90. The van der Waals surface area contributed by atoms with Crippen LogP contribution in [0.5, 0.6) is 0 Å². The van der Waals surface area contributed by atoms with Gasteiger partial charge in [-0.15, -0.1) is 0 Å². The molecule has 0 fully saturated rings. The van der Waals surface area contributed by atoms with Crippen molar-refractivity contribution in [2.75, 3.05) is 5.73 Å². The van der Waals surface area contributed by atoms with E-state index in [1.54, 1.807) is 23.0 Å². The number of nitrogens with zero attached hydrogens (tertiary/aromatic N) is 3. The third-order valence-electron chi connectivity index (χ3n) is 2.82. The lowest BCUT2D eigenvalue weighted by Gasteiger charge is -2.06. The van der Waals surface area contributed by atoms with Gasteiger partial charge in [-0.25, -0.2) is 4.98 Å². The highest BCUT2D eigenvalue weighted by Gasteiger charge is 2.12. The van der Waals surface area contributed by atoms with Gasteiger partial charge in [0.05, 0.1) is 11.4 Å². The van der Waals surface area contributed by atoms with Crippen molar-refractivity contribution in [1.82, 2.24) is 20.1 Å². The van der Waals surface area contributed by atoms with Crippen LogP contribution in [0.2, 0.25) is 0 Å². The Kier molecular flexibility index (Phi) is 3.79. The number of aromatic nitrogens is 3. The lowest BCUT2D eigenvalue weighted by Crippen LogP contribution is -2.25. The third kappa shape index (κ3) is 2.90. The minimum absolute atomic E-state index is 0.254. The van der Waals surface area contributed by atoms with Crippen LogP contribution in [-0.2, 0) is 20.0 Å². The van der Waals surface area contributed by atoms with Gasteiger partial charge in [-0.3, -0.25) is 9.48 Å². The molecule has 0 aliphatic heterocycles. The summed E-state index contributed by atoms with van der Waals surface area (Å²) < 4.78 is 1.75. The van der Waals surface area contributed by atoms with Crippen molar-refractivity contribution in [3.8, 4) is 0 Å². The Hall–Kier alpha value is -2.37. The van der Waals surface area contributed by atoms with Gasteiger partial charge >= 0.3 is 0 Å². The van der Waals surface area contributed by atoms with E-state index in [1.165, 1.54) is 0 Å². The Morgan fingerprint density at radius 1 is 1.53 bits per heavy atom. The summed E-state index contributed by atoms with van der Waals surface area (Å²) in [6.45, 7) is 2.45. The Morgan fingerprint density at radius 3 is 3.00 bits per heavy atom. The molecule has 2 aromatic rings. The molecule has 6 nitrogen and oxygen atoms in total. The number of aryl methyl sites for hydroxylation is 2. The first-order chi connectivity index (χ1) is 9.11. The van der Waals surface area contributed by atoms with Crippen molar-refractivity contribution in [1.29, 1.82) is 0 Å². The van der Waals surface area contributed by atoms with Gasteiger partial charge in [0.2, 0.25) is 0 Å². The van der Waals surface area contributed by atoms with E-state index in [1.807, 2.05) is 20.2 Å². The molecule has 1 amide bonds. The maximum Gasteiger partial charge on any atom is 0.272 e. The van der Waals surface area contributed by atoms with Crippen LogP contribution < -0.4 is 11.1 Å². The summed E-state index contributed by atoms with van der Waals surface area (Å²) in [6, 6.07) is 3.35. The fourth-order valence-corrected chi connectivity index (χ4v) is 1.90. The molecular weight excluding hydrogens is 242 g/mol. The number of amides is 1. The van der Waals surface area contributed by atoms with E-state index in [9.17, 15) is 4.79 Å². The average molecular weight is 259 g/mol. The van der Waals surface area contributed by atoms with Crippen LogP contribution in [0.1, 0.15) is 28.7 Å². The fraction of sp³-hybridized carbons (Fsp3) is 0.308. The largest absolute Gasteiger partial charge is 0.397 e. The Bertz CT molecular complexity index is 590. The van der Waals surface area contributed by atoms with Crippen molar-refractivity contribution in [3.63, 3.8) is 0 Å². The number of hydrogen-bond donors (Lipinski definition) is 2. The molecule has 0 spiro atoms. The Labute approximate surface area is 111 Å². The third-order valence-corrected chi connectivity index (χ3v) is 2.82. The summed E-state index contributed by atoms with van der Waals surface area (Å²) in [5.41, 5.74) is 8.33. The predicted octanol–water partition coefficient (Wildman–Crippen LogP) is 0.890. The maximum absolute atomic E-state index is 12.0. The number of pyridine rings is 1. The predicted molar refractivity (Wildman–Crippen MR) is 72.4 cm³/mol. The summed E-state index contributed by atoms with van der Waals surface area (Å²) in [7, 11) is 1.86. The average Bonchev–Trinajstić information content (AvgIpc) is 2.77. The van der Waals surface area contributed by atoms with E-state index in [2.05, 4.69) is 15.4 Å². The summed E-state index contributed by atoms with van der Waals surface area (Å²) >= 11 is 0. The maximum atomic E-state index is 12.0. The molecule has 0 aromatic carbocycles. The van der Waals surface area contributed by atoms with Crippen LogP contribution in [-0.4, -0.2) is 20.7 Å². The number of rotatable bonds is 4. The summed E-state index contributed by atoms with van der Waals surface area (Å²) in [5.74, 6) is -0.274. The van der Waals surface area contributed by atoms with Crippen molar-refractivity contribution >= 4 is 11.6 Å². The Morgan fingerprint density at radius 2 is 2.32 bits per heavy atom. The lowest BCUT2D eigenvalue weighted by molar-refractivity contribution is 0.0947. The zero-order chi connectivity index (χ0) is 13.8. The number of nitrogen functional groups attached to an aromatic ring is 1. The molecule has 2 rings (SSSR count). The molecule has 2 aromatic heterocycles. The molecule has 0 bridgehead atoms. The van der Waals surface area contributed by atoms with E-state index in [-0.39, 0.29) is 11.6 Å². The standard InChI is InChI=1S/C13H17N5O/c1-3-11-9(8-18(2)17-11)7-16-13(19)12-10(14)5-4-6-15-12/h4-6,8H,3,7,14H2,1-2H3,(H,16,19). The number of carbonyl (C=O) groups excluding carboxylic acids is 1. The minimum atomic E-state index is -0.274. The highest BCUT2D eigenvalue weighted by Crippen LogP contribution is 2.09. The van der Waals surface area contributed by atoms with Gasteiger partial charge in [0.25, 0.3) is 5.91 Å². The summed E-state index contributed by atoms with van der Waals surface area (Å²) in [4.78, 5) is 15.9. The van der Waals surface area contributed by atoms with Crippen molar-refractivity contribution < 1.29 is 4.79 Å². The van der Waals surface area contributed by atoms with Crippen LogP contribution >= 0.6 is 0 Å². The molecule has 0 saturated heterocycles. The number of nitrogens with two attached hydrogens (primary N) is 1. The van der Waals surface area contributed by atoms with Crippen LogP contribution in [0, 0.1) is 0 Å². The van der Waals surface area contributed by atoms with E-state index in [4.69, 9.17) is 5.73 Å². The van der Waals surface area contributed by atoms with Crippen LogP contribution in [0.25, 0.3) is 0 Å². The van der Waals surface area contributed by atoms with Gasteiger partial charge in [0.1, 0.15) is 0 Å². The molecule has 0 unspecified atom stereocenters. The molecule has 3 N–H and O–H groups in total. The van der Waals surface area contributed by atoms with Crippen LogP contribution in [0.15, 0.2) is 24.5 Å². The highest BCUT2D eigenvalue weighted by molar-refractivity contribution is 5.96. The van der Waals surface area contributed by atoms with E-state index in [0.29, 0.717) is 12.2 Å². The van der Waals surface area contributed by atoms with Crippen molar-refractivity contribution in [3.05, 3.63) is 41.5 Å². The molecule has 0 aliphatic carbocycles. The first kappa shape index (κ1) is 13.1. The second-order valence-corrected chi connectivity index (χ2v) is 4.25. The first-order valence-electron chi connectivity index (χ1n) is 6.12. The van der Waals surface area contributed by atoms with Gasteiger partial charge < -0.3 is 11.1 Å². The topological polar surface area (TPSA) is 85.8 Å². The van der Waals surface area contributed by atoms with Crippen molar-refractivity contribution in [2.24, 2.45) is 7.05 Å². The first-order valence-corrected chi connectivity index (χ1v) is 6.12. The molecule has 100 valence electrons. The molecule has 2 heterocycles. The summed E-state index contributed by atoms with van der Waals surface area (Å²) in [5, 5.41) is 7.13. The van der Waals surface area contributed by atoms with Crippen molar-refractivity contribution in [2.45, 2.75) is 19.9 Å². The van der Waals surface area contributed by atoms with Gasteiger partial charge in [-0.1, -0.05) is 6.92 Å². The second-order valence-electron chi connectivity index (χ2n) is 4.25. The number of anilines is 1. The molecule has 0 atom stereocenters. The zero-order valence-corrected chi connectivity index (χ0v) is 11.1. The van der Waals surface area contributed by atoms with Gasteiger partial charge in [-0.2, -0.15) is 5.10 Å². The number of hydrogen-bond acceptors (Lipinski definition) is 4. The molecule has 0 saturated carbocycles. The van der Waals surface area contributed by atoms with E-state index in [0.717, 1.165) is 17.7 Å². The quantitative estimate of drug-likeness (QED) is 0.853. The molecular formula is C13H17N5O. The SMILES string of the molecule is CCc1nn(C)cc1CNC(=O)c1ncccc1N. The monoisotopic (exact) mass is 259 g/mol. The highest BCUT2D eigenvalue weighted by atomic mass is 16.1. The van der Waals surface area contributed by atoms with E-state index < -0.39 is 0 Å². The number of carbonyl (C=O) groups is 1. The minimum Gasteiger partial charge on any atom is -0.397 e. The van der Waals surface area contributed by atoms with Crippen LogP contribution in [0.4, 0.5) is 5.69 Å². The molecule has 0 radical (unpaired) electrons. The summed E-state index contributed by atoms with van der Waals surface area (Å²) in [6.07, 6.45) is 4.28. The zero-order valence-electron chi connectivity index (χ0n) is 11.1. The number of nitrogens with one attached hydrogen (secondary N) is 1. The van der Waals surface area contributed by atoms with Gasteiger partial charge in [-0.05, 0) is 18.6 Å². The lowest BCUT2D eigenvalue weighted by atomic mass is 10.2. The van der Waals surface area contributed by atoms with Crippen LogP contribution in [0.3, 0.4) is 0 Å². The van der Waals surface area contributed by atoms with Gasteiger partial charge in [0, 0.05) is 31.5 Å². The molecule has 0 aliphatic rings. The van der Waals surface area contributed by atoms with Gasteiger partial charge in [0.15, 0.2) is 5.69 Å². The normalized spacial score (nSPS) is 10.4. The Balaban J connectivity index is 2.06.